The van der Waals surface area contributed by atoms with Gasteiger partial charge in [0.2, 0.25) is 0 Å². The second-order valence-electron chi connectivity index (χ2n) is 7.39. The maximum absolute atomic E-state index is 13.4. The molecular formula is C23H28N2OS2. The molecule has 0 aliphatic carbocycles. The van der Waals surface area contributed by atoms with Crippen molar-refractivity contribution in [3.63, 3.8) is 0 Å². The van der Waals surface area contributed by atoms with Gasteiger partial charge >= 0.3 is 0 Å². The molecule has 2 atom stereocenters. The smallest absolute Gasteiger partial charge is 0.187 e. The summed E-state index contributed by atoms with van der Waals surface area (Å²) in [5.74, 6) is 2.53. The average molecular weight is 413 g/mol. The molecule has 2 heterocycles. The van der Waals surface area contributed by atoms with Crippen molar-refractivity contribution in [2.45, 2.75) is 23.6 Å². The summed E-state index contributed by atoms with van der Waals surface area (Å²) in [4.78, 5) is 18.2. The molecule has 0 spiro atoms. The average Bonchev–Trinajstić information content (AvgIpc) is 3.41. The second kappa shape index (κ2) is 9.97. The van der Waals surface area contributed by atoms with Crippen molar-refractivity contribution >= 4 is 29.3 Å². The Kier molecular flexibility index (Phi) is 7.13. The molecule has 0 radical (unpaired) electrons. The predicted molar refractivity (Wildman–Crippen MR) is 121 cm³/mol. The van der Waals surface area contributed by atoms with E-state index in [1.54, 1.807) is 0 Å². The van der Waals surface area contributed by atoms with E-state index in [9.17, 15) is 4.79 Å². The molecule has 2 saturated heterocycles. The van der Waals surface area contributed by atoms with Crippen molar-refractivity contribution in [3.8, 4) is 0 Å². The Bertz CT molecular complexity index is 692. The van der Waals surface area contributed by atoms with E-state index < -0.39 is 0 Å². The molecule has 2 aromatic rings. The molecule has 2 aliphatic heterocycles. The van der Waals surface area contributed by atoms with E-state index in [0.29, 0.717) is 5.78 Å². The van der Waals surface area contributed by atoms with Crippen molar-refractivity contribution in [3.05, 3.63) is 71.8 Å². The Hall–Kier alpha value is -1.27. The highest BCUT2D eigenvalue weighted by atomic mass is 32.2. The van der Waals surface area contributed by atoms with E-state index in [4.69, 9.17) is 0 Å². The Morgan fingerprint density at radius 2 is 1.18 bits per heavy atom. The van der Waals surface area contributed by atoms with Gasteiger partial charge in [-0.1, -0.05) is 60.7 Å². The summed E-state index contributed by atoms with van der Waals surface area (Å²) in [5.41, 5.74) is 2.70. The molecule has 5 heteroatoms. The number of Topliss-reactive ketones (excluding diaryl/α,β-unsaturated/α-hetero) is 1. The SMILES string of the molecule is O=C(C1SCCN1CCc1ccccc1)C1SCCN1CCc1ccccc1. The summed E-state index contributed by atoms with van der Waals surface area (Å²) >= 11 is 3.67. The van der Waals surface area contributed by atoms with E-state index in [-0.39, 0.29) is 10.7 Å². The van der Waals surface area contributed by atoms with Gasteiger partial charge in [0.1, 0.15) is 10.7 Å². The van der Waals surface area contributed by atoms with Gasteiger partial charge in [-0.2, -0.15) is 0 Å². The minimum Gasteiger partial charge on any atom is -0.294 e. The summed E-state index contributed by atoms with van der Waals surface area (Å²) in [6.07, 6.45) is 2.03. The van der Waals surface area contributed by atoms with E-state index in [1.807, 2.05) is 23.5 Å². The van der Waals surface area contributed by atoms with E-state index in [0.717, 1.165) is 50.5 Å². The van der Waals surface area contributed by atoms with Crippen LogP contribution in [0.3, 0.4) is 0 Å². The fourth-order valence-corrected chi connectivity index (χ4v) is 6.59. The lowest BCUT2D eigenvalue weighted by atomic mass is 10.1. The topological polar surface area (TPSA) is 23.6 Å². The molecule has 28 heavy (non-hydrogen) atoms. The van der Waals surface area contributed by atoms with Gasteiger partial charge in [0.25, 0.3) is 0 Å². The number of carbonyl (C=O) groups is 1. The lowest BCUT2D eigenvalue weighted by Crippen LogP contribution is -2.45. The minimum atomic E-state index is 0.0264. The molecule has 0 aromatic heterocycles. The fraction of sp³-hybridized carbons (Fsp3) is 0.435. The second-order valence-corrected chi connectivity index (χ2v) is 9.77. The van der Waals surface area contributed by atoms with Crippen molar-refractivity contribution in [1.29, 1.82) is 0 Å². The van der Waals surface area contributed by atoms with Gasteiger partial charge in [-0.15, -0.1) is 23.5 Å². The Labute approximate surface area is 176 Å². The van der Waals surface area contributed by atoms with Gasteiger partial charge in [0, 0.05) is 37.7 Å². The van der Waals surface area contributed by atoms with Crippen molar-refractivity contribution in [2.75, 3.05) is 37.7 Å². The van der Waals surface area contributed by atoms with Crippen molar-refractivity contribution in [1.82, 2.24) is 9.80 Å². The zero-order valence-electron chi connectivity index (χ0n) is 16.2. The largest absolute Gasteiger partial charge is 0.294 e. The number of benzene rings is 2. The highest BCUT2D eigenvalue weighted by Gasteiger charge is 2.40. The van der Waals surface area contributed by atoms with Crippen LogP contribution in [0.15, 0.2) is 60.7 Å². The van der Waals surface area contributed by atoms with Gasteiger partial charge in [-0.05, 0) is 24.0 Å². The molecule has 0 saturated carbocycles. The molecule has 0 amide bonds. The number of nitrogens with zero attached hydrogens (tertiary/aromatic N) is 2. The first kappa shape index (κ1) is 20.0. The Morgan fingerprint density at radius 1 is 0.750 bits per heavy atom. The van der Waals surface area contributed by atoms with Crippen LogP contribution in [0.5, 0.6) is 0 Å². The molecule has 2 aromatic carbocycles. The Morgan fingerprint density at radius 3 is 1.61 bits per heavy atom. The summed E-state index contributed by atoms with van der Waals surface area (Å²) in [6, 6.07) is 21.2. The van der Waals surface area contributed by atoms with Crippen LogP contribution in [0, 0.1) is 0 Å². The van der Waals surface area contributed by atoms with Crippen LogP contribution >= 0.6 is 23.5 Å². The first-order valence-corrected chi connectivity index (χ1v) is 12.2. The van der Waals surface area contributed by atoms with Crippen LogP contribution in [0.4, 0.5) is 0 Å². The fourth-order valence-electron chi connectivity index (χ4n) is 3.95. The number of hydrogen-bond donors (Lipinski definition) is 0. The maximum Gasteiger partial charge on any atom is 0.187 e. The number of rotatable bonds is 8. The molecule has 0 N–H and O–H groups in total. The van der Waals surface area contributed by atoms with Crippen LogP contribution < -0.4 is 0 Å². The first-order chi connectivity index (χ1) is 13.8. The zero-order valence-corrected chi connectivity index (χ0v) is 17.8. The normalized spacial score (nSPS) is 23.3. The predicted octanol–water partition coefficient (Wildman–Crippen LogP) is 3.79. The van der Waals surface area contributed by atoms with Gasteiger partial charge in [-0.3, -0.25) is 14.6 Å². The molecule has 0 bridgehead atoms. The quantitative estimate of drug-likeness (QED) is 0.656. The zero-order chi connectivity index (χ0) is 19.2. The van der Waals surface area contributed by atoms with Gasteiger partial charge < -0.3 is 0 Å². The molecule has 2 fully saturated rings. The van der Waals surface area contributed by atoms with Crippen LogP contribution in [-0.4, -0.2) is 64.0 Å². The molecule has 2 aliphatic rings. The third kappa shape index (κ3) is 5.01. The standard InChI is InChI=1S/C23H28N2OS2/c26-21(22-24(15-17-27-22)13-11-19-7-3-1-4-8-19)23-25(16-18-28-23)14-12-20-9-5-2-6-10-20/h1-10,22-23H,11-18H2. The first-order valence-electron chi connectivity index (χ1n) is 10.1. The van der Waals surface area contributed by atoms with E-state index >= 15 is 0 Å². The molecule has 2 unspecified atom stereocenters. The monoisotopic (exact) mass is 412 g/mol. The van der Waals surface area contributed by atoms with Crippen LogP contribution in [0.2, 0.25) is 0 Å². The summed E-state index contributed by atoms with van der Waals surface area (Å²) in [7, 11) is 0. The molecule has 148 valence electrons. The Balaban J connectivity index is 1.33. The number of carbonyl (C=O) groups excluding carboxylic acids is 1. The third-order valence-corrected chi connectivity index (χ3v) is 8.05. The summed E-state index contributed by atoms with van der Waals surface area (Å²) in [5, 5.41) is 0.0528. The van der Waals surface area contributed by atoms with Crippen LogP contribution in [0.25, 0.3) is 0 Å². The minimum absolute atomic E-state index is 0.0264. The van der Waals surface area contributed by atoms with E-state index in [1.165, 1.54) is 11.1 Å². The lowest BCUT2D eigenvalue weighted by molar-refractivity contribution is -0.123. The van der Waals surface area contributed by atoms with Crippen LogP contribution in [0.1, 0.15) is 11.1 Å². The summed E-state index contributed by atoms with van der Waals surface area (Å²) < 4.78 is 0. The van der Waals surface area contributed by atoms with Gasteiger partial charge in [-0.25, -0.2) is 0 Å². The summed E-state index contributed by atoms with van der Waals surface area (Å²) in [6.45, 7) is 3.98. The van der Waals surface area contributed by atoms with Crippen molar-refractivity contribution in [2.24, 2.45) is 0 Å². The molecule has 4 rings (SSSR count). The van der Waals surface area contributed by atoms with Gasteiger partial charge in [0.05, 0.1) is 0 Å². The van der Waals surface area contributed by atoms with Crippen LogP contribution in [-0.2, 0) is 17.6 Å². The van der Waals surface area contributed by atoms with Crippen molar-refractivity contribution < 1.29 is 4.79 Å². The number of ketones is 1. The number of thioether (sulfide) groups is 2. The number of hydrogen-bond acceptors (Lipinski definition) is 5. The third-order valence-electron chi connectivity index (χ3n) is 5.52. The molecular weight excluding hydrogens is 384 g/mol. The molecule has 3 nitrogen and oxygen atoms in total. The highest BCUT2D eigenvalue weighted by Crippen LogP contribution is 2.32. The van der Waals surface area contributed by atoms with Gasteiger partial charge in [0.15, 0.2) is 5.78 Å². The lowest BCUT2D eigenvalue weighted by Gasteiger charge is -2.28. The highest BCUT2D eigenvalue weighted by molar-refractivity contribution is 8.02. The van der Waals surface area contributed by atoms with E-state index in [2.05, 4.69) is 70.5 Å². The maximum atomic E-state index is 13.4.